The Morgan fingerprint density at radius 2 is 1.57 bits per heavy atom. The predicted octanol–water partition coefficient (Wildman–Crippen LogP) is 1.82. The van der Waals surface area contributed by atoms with Crippen molar-refractivity contribution in [3.63, 3.8) is 0 Å². The van der Waals surface area contributed by atoms with Gasteiger partial charge in [-0.25, -0.2) is 0 Å². The molecule has 0 heterocycles. The van der Waals surface area contributed by atoms with Crippen molar-refractivity contribution in [2.45, 2.75) is 83.3 Å². The molecule has 3 heteroatoms. The first-order chi connectivity index (χ1) is 10.0. The third kappa shape index (κ3) is 2.62. The van der Waals surface area contributed by atoms with Gasteiger partial charge in [-0.3, -0.25) is 4.79 Å². The standard InChI is InChI=1S/C18H30N2O/c1-11(17(21)20-16-3-4-16)19-12(2)18-8-13-5-14(9-18)7-15(6-13)10-18/h11-16,19H,3-10H2,1-2H3,(H,20,21)/p+1/t11-,12+,13?,14?,15?,18?/m0/s1. The topological polar surface area (TPSA) is 45.7 Å². The second-order valence-corrected chi connectivity index (χ2v) is 8.83. The molecule has 5 fully saturated rings. The van der Waals surface area contributed by atoms with Gasteiger partial charge in [0, 0.05) is 11.5 Å². The first-order valence-corrected chi connectivity index (χ1v) is 9.19. The molecule has 5 rings (SSSR count). The van der Waals surface area contributed by atoms with E-state index >= 15 is 0 Å². The normalized spacial score (nSPS) is 43.6. The molecule has 21 heavy (non-hydrogen) atoms. The highest BCUT2D eigenvalue weighted by molar-refractivity contribution is 5.80. The molecule has 5 aliphatic rings. The summed E-state index contributed by atoms with van der Waals surface area (Å²) in [4.78, 5) is 12.2. The second-order valence-electron chi connectivity index (χ2n) is 8.83. The highest BCUT2D eigenvalue weighted by Gasteiger charge is 2.54. The zero-order valence-corrected chi connectivity index (χ0v) is 13.6. The highest BCUT2D eigenvalue weighted by atomic mass is 16.2. The number of nitrogens with two attached hydrogens (primary N) is 1. The maximum Gasteiger partial charge on any atom is 0.278 e. The Morgan fingerprint density at radius 3 is 2.05 bits per heavy atom. The Hall–Kier alpha value is -0.570. The van der Waals surface area contributed by atoms with Gasteiger partial charge in [0.05, 0.1) is 6.04 Å². The van der Waals surface area contributed by atoms with E-state index in [0.29, 0.717) is 17.5 Å². The number of nitrogens with one attached hydrogen (secondary N) is 1. The van der Waals surface area contributed by atoms with E-state index < -0.39 is 0 Å². The lowest BCUT2D eigenvalue weighted by Gasteiger charge is -2.58. The zero-order chi connectivity index (χ0) is 14.6. The first kappa shape index (κ1) is 14.0. The van der Waals surface area contributed by atoms with E-state index in [0.717, 1.165) is 17.8 Å². The molecule has 0 saturated heterocycles. The van der Waals surface area contributed by atoms with Crippen LogP contribution in [0.2, 0.25) is 0 Å². The minimum Gasteiger partial charge on any atom is -0.348 e. The van der Waals surface area contributed by atoms with Crippen LogP contribution in [0, 0.1) is 23.2 Å². The van der Waals surface area contributed by atoms with E-state index in [-0.39, 0.29) is 11.9 Å². The minimum atomic E-state index is 0.0774. The first-order valence-electron chi connectivity index (χ1n) is 9.19. The van der Waals surface area contributed by atoms with Crippen LogP contribution in [-0.4, -0.2) is 24.0 Å². The van der Waals surface area contributed by atoms with Crippen molar-refractivity contribution in [3.8, 4) is 0 Å². The van der Waals surface area contributed by atoms with Gasteiger partial charge in [0.1, 0.15) is 0 Å². The van der Waals surface area contributed by atoms with Crippen molar-refractivity contribution >= 4 is 5.91 Å². The highest BCUT2D eigenvalue weighted by Crippen LogP contribution is 2.60. The van der Waals surface area contributed by atoms with Crippen molar-refractivity contribution in [1.29, 1.82) is 0 Å². The molecule has 5 aliphatic carbocycles. The van der Waals surface area contributed by atoms with Gasteiger partial charge in [0.2, 0.25) is 0 Å². The van der Waals surface area contributed by atoms with Crippen molar-refractivity contribution in [3.05, 3.63) is 0 Å². The SMILES string of the molecule is C[C@H]([NH2+][C@H](C)C12CC3CC(CC(C3)C1)C2)C(=O)NC1CC1. The molecule has 0 unspecified atom stereocenters. The molecule has 4 bridgehead atoms. The molecule has 2 atom stereocenters. The maximum atomic E-state index is 12.2. The Morgan fingerprint density at radius 1 is 1.05 bits per heavy atom. The van der Waals surface area contributed by atoms with E-state index in [9.17, 15) is 4.79 Å². The fraction of sp³-hybridized carbons (Fsp3) is 0.944. The van der Waals surface area contributed by atoms with Gasteiger partial charge in [0.15, 0.2) is 6.04 Å². The van der Waals surface area contributed by atoms with Crippen LogP contribution < -0.4 is 10.6 Å². The van der Waals surface area contributed by atoms with Crippen molar-refractivity contribution in [1.82, 2.24) is 5.32 Å². The van der Waals surface area contributed by atoms with Gasteiger partial charge in [0.25, 0.3) is 5.91 Å². The Labute approximate surface area is 128 Å². The molecule has 5 saturated carbocycles. The van der Waals surface area contributed by atoms with E-state index in [4.69, 9.17) is 0 Å². The third-order valence-corrected chi connectivity index (χ3v) is 6.97. The zero-order valence-electron chi connectivity index (χ0n) is 13.6. The summed E-state index contributed by atoms with van der Waals surface area (Å²) in [6.07, 6.45) is 11.2. The van der Waals surface area contributed by atoms with Gasteiger partial charge < -0.3 is 10.6 Å². The molecule has 3 N–H and O–H groups in total. The number of hydrogen-bond acceptors (Lipinski definition) is 1. The fourth-order valence-corrected chi connectivity index (χ4v) is 6.02. The van der Waals surface area contributed by atoms with Crippen LogP contribution in [0.1, 0.15) is 65.2 Å². The van der Waals surface area contributed by atoms with Crippen molar-refractivity contribution in [2.75, 3.05) is 0 Å². The van der Waals surface area contributed by atoms with E-state index in [2.05, 4.69) is 24.5 Å². The van der Waals surface area contributed by atoms with Crippen LogP contribution in [0.25, 0.3) is 0 Å². The number of amides is 1. The van der Waals surface area contributed by atoms with Crippen LogP contribution >= 0.6 is 0 Å². The summed E-state index contributed by atoms with van der Waals surface area (Å²) in [7, 11) is 0. The average molecular weight is 291 g/mol. The number of carbonyl (C=O) groups excluding carboxylic acids is 1. The summed E-state index contributed by atoms with van der Waals surface area (Å²) in [5.41, 5.74) is 0.545. The molecule has 3 nitrogen and oxygen atoms in total. The largest absolute Gasteiger partial charge is 0.348 e. The summed E-state index contributed by atoms with van der Waals surface area (Å²) >= 11 is 0. The van der Waals surface area contributed by atoms with Gasteiger partial charge in [-0.15, -0.1) is 0 Å². The van der Waals surface area contributed by atoms with Crippen LogP contribution in [0.3, 0.4) is 0 Å². The summed E-state index contributed by atoms with van der Waals surface area (Å²) in [6, 6.07) is 1.17. The summed E-state index contributed by atoms with van der Waals surface area (Å²) in [5.74, 6) is 3.27. The van der Waals surface area contributed by atoms with Crippen molar-refractivity contribution < 1.29 is 10.1 Å². The van der Waals surface area contributed by atoms with Crippen LogP contribution in [0.15, 0.2) is 0 Å². The Kier molecular flexibility index (Phi) is 3.33. The van der Waals surface area contributed by atoms with Gasteiger partial charge in [-0.2, -0.15) is 0 Å². The summed E-state index contributed by atoms with van der Waals surface area (Å²) in [5, 5.41) is 5.54. The summed E-state index contributed by atoms with van der Waals surface area (Å²) in [6.45, 7) is 4.49. The number of hydrogen-bond donors (Lipinski definition) is 2. The van der Waals surface area contributed by atoms with Gasteiger partial charge >= 0.3 is 0 Å². The number of carbonyl (C=O) groups is 1. The van der Waals surface area contributed by atoms with Crippen LogP contribution in [-0.2, 0) is 4.79 Å². The Balaban J connectivity index is 1.39. The molecule has 0 aromatic carbocycles. The Bertz CT molecular complexity index is 394. The average Bonchev–Trinajstić information content (AvgIpc) is 3.20. The quantitative estimate of drug-likeness (QED) is 0.797. The number of rotatable bonds is 5. The third-order valence-electron chi connectivity index (χ3n) is 6.97. The molecular weight excluding hydrogens is 260 g/mol. The smallest absolute Gasteiger partial charge is 0.278 e. The minimum absolute atomic E-state index is 0.0774. The van der Waals surface area contributed by atoms with E-state index in [1.54, 1.807) is 0 Å². The van der Waals surface area contributed by atoms with Crippen LogP contribution in [0.4, 0.5) is 0 Å². The molecule has 0 aromatic rings. The van der Waals surface area contributed by atoms with E-state index in [1.807, 2.05) is 0 Å². The fourth-order valence-electron chi connectivity index (χ4n) is 6.02. The maximum absolute atomic E-state index is 12.2. The van der Waals surface area contributed by atoms with Gasteiger partial charge in [-0.05, 0) is 83.0 Å². The summed E-state index contributed by atoms with van der Waals surface area (Å²) < 4.78 is 0. The molecular formula is C18H31N2O+. The molecule has 1 amide bonds. The molecule has 118 valence electrons. The lowest BCUT2D eigenvalue weighted by molar-refractivity contribution is -0.719. The molecule has 0 radical (unpaired) electrons. The van der Waals surface area contributed by atoms with E-state index in [1.165, 1.54) is 51.4 Å². The number of quaternary nitrogens is 1. The molecule has 0 aliphatic heterocycles. The lowest BCUT2D eigenvalue weighted by Crippen LogP contribution is -2.98. The lowest BCUT2D eigenvalue weighted by atomic mass is 9.48. The second kappa shape index (κ2) is 4.97. The van der Waals surface area contributed by atoms with Crippen LogP contribution in [0.5, 0.6) is 0 Å². The molecule has 0 aromatic heterocycles. The monoisotopic (exact) mass is 291 g/mol. The molecule has 0 spiro atoms. The van der Waals surface area contributed by atoms with Gasteiger partial charge in [-0.1, -0.05) is 0 Å². The van der Waals surface area contributed by atoms with Crippen molar-refractivity contribution in [2.24, 2.45) is 23.2 Å². The predicted molar refractivity (Wildman–Crippen MR) is 82.6 cm³/mol.